The highest BCUT2D eigenvalue weighted by molar-refractivity contribution is 8.76. The number of imide groups is 1. The van der Waals surface area contributed by atoms with Gasteiger partial charge in [-0.25, -0.2) is 19.1 Å². The maximum Gasteiger partial charge on any atom is 0.533 e. The van der Waals surface area contributed by atoms with E-state index in [-0.39, 0.29) is 26.1 Å². The summed E-state index contributed by atoms with van der Waals surface area (Å²) in [5.41, 5.74) is 0. The molecule has 0 N–H and O–H groups in total. The van der Waals surface area contributed by atoms with Gasteiger partial charge in [0.05, 0.1) is 0 Å². The SMILES string of the molecule is O=C(OCCSSCCOC(=O)n1ccnc1)ON1C(=O)CCC1=O. The molecule has 0 atom stereocenters. The number of nitrogens with zero attached hydrogens (tertiary/aromatic N) is 3. The molecular formula is C13H15N3O7S2. The van der Waals surface area contributed by atoms with E-state index in [9.17, 15) is 19.2 Å². The third kappa shape index (κ3) is 6.31. The minimum atomic E-state index is -1.09. The molecule has 0 unspecified atom stereocenters. The number of hydrogen-bond acceptors (Lipinski definition) is 10. The highest BCUT2D eigenvalue weighted by Crippen LogP contribution is 2.20. The van der Waals surface area contributed by atoms with Crippen LogP contribution in [0.1, 0.15) is 12.8 Å². The number of hydrogen-bond donors (Lipinski definition) is 0. The van der Waals surface area contributed by atoms with Crippen LogP contribution >= 0.6 is 21.6 Å². The number of aromatic nitrogens is 2. The van der Waals surface area contributed by atoms with Crippen molar-refractivity contribution in [2.45, 2.75) is 12.8 Å². The molecule has 1 aliphatic rings. The molecule has 1 fully saturated rings. The Kier molecular flexibility index (Phi) is 7.60. The number of rotatable bonds is 8. The lowest BCUT2D eigenvalue weighted by Gasteiger charge is -2.12. The van der Waals surface area contributed by atoms with E-state index in [1.54, 1.807) is 0 Å². The fourth-order valence-electron chi connectivity index (χ4n) is 1.64. The standard InChI is InChI=1S/C13H15N3O7S2/c17-10-1-2-11(18)16(10)23-13(20)22-6-8-25-24-7-5-21-12(19)15-4-3-14-9-15/h3-4,9H,1-2,5-8H2. The van der Waals surface area contributed by atoms with Crippen LogP contribution in [0.4, 0.5) is 9.59 Å². The van der Waals surface area contributed by atoms with Crippen molar-refractivity contribution in [2.24, 2.45) is 0 Å². The molecule has 2 rings (SSSR count). The summed E-state index contributed by atoms with van der Waals surface area (Å²) in [7, 11) is 2.86. The molecule has 2 heterocycles. The Balaban J connectivity index is 1.45. The van der Waals surface area contributed by atoms with Crippen molar-refractivity contribution in [3.8, 4) is 0 Å². The second-order valence-corrected chi connectivity index (χ2v) is 7.20. The first-order valence-corrected chi connectivity index (χ1v) is 9.66. The molecule has 0 spiro atoms. The van der Waals surface area contributed by atoms with Crippen LogP contribution in [-0.4, -0.2) is 63.4 Å². The van der Waals surface area contributed by atoms with E-state index < -0.39 is 24.1 Å². The average molecular weight is 389 g/mol. The molecule has 1 aromatic rings. The van der Waals surface area contributed by atoms with Gasteiger partial charge in [0, 0.05) is 36.7 Å². The van der Waals surface area contributed by atoms with Gasteiger partial charge in [0.25, 0.3) is 11.8 Å². The highest BCUT2D eigenvalue weighted by atomic mass is 33.1. The Morgan fingerprint density at radius 2 is 1.72 bits per heavy atom. The predicted molar refractivity (Wildman–Crippen MR) is 87.4 cm³/mol. The number of imidazole rings is 1. The summed E-state index contributed by atoms with van der Waals surface area (Å²) in [6, 6.07) is 0. The third-order valence-electron chi connectivity index (χ3n) is 2.75. The van der Waals surface area contributed by atoms with E-state index in [4.69, 9.17) is 9.47 Å². The van der Waals surface area contributed by atoms with Gasteiger partial charge in [-0.3, -0.25) is 14.4 Å². The number of hydroxylamine groups is 2. The fourth-order valence-corrected chi connectivity index (χ4v) is 3.29. The van der Waals surface area contributed by atoms with E-state index in [2.05, 4.69) is 9.82 Å². The van der Waals surface area contributed by atoms with Crippen molar-refractivity contribution in [3.05, 3.63) is 18.7 Å². The van der Waals surface area contributed by atoms with Gasteiger partial charge in [-0.05, 0) is 0 Å². The summed E-state index contributed by atoms with van der Waals surface area (Å²) in [5.74, 6) is -0.0852. The van der Waals surface area contributed by atoms with Crippen LogP contribution in [-0.2, 0) is 23.9 Å². The molecule has 0 saturated carbocycles. The molecule has 0 aromatic carbocycles. The zero-order chi connectivity index (χ0) is 18.1. The van der Waals surface area contributed by atoms with Crippen LogP contribution in [0.3, 0.4) is 0 Å². The molecule has 12 heteroatoms. The van der Waals surface area contributed by atoms with E-state index >= 15 is 0 Å². The summed E-state index contributed by atoms with van der Waals surface area (Å²) in [6.07, 6.45) is 2.79. The van der Waals surface area contributed by atoms with Crippen LogP contribution in [0.5, 0.6) is 0 Å². The van der Waals surface area contributed by atoms with Gasteiger partial charge in [-0.2, -0.15) is 0 Å². The van der Waals surface area contributed by atoms with Crippen molar-refractivity contribution in [2.75, 3.05) is 24.7 Å². The number of carbonyl (C=O) groups is 4. The van der Waals surface area contributed by atoms with E-state index in [0.29, 0.717) is 16.6 Å². The van der Waals surface area contributed by atoms with Gasteiger partial charge >= 0.3 is 12.2 Å². The molecule has 0 radical (unpaired) electrons. The molecule has 0 aliphatic carbocycles. The monoisotopic (exact) mass is 389 g/mol. The Bertz CT molecular complexity index is 607. The summed E-state index contributed by atoms with van der Waals surface area (Å²) < 4.78 is 11.0. The van der Waals surface area contributed by atoms with Crippen molar-refractivity contribution < 1.29 is 33.5 Å². The van der Waals surface area contributed by atoms with Crippen LogP contribution < -0.4 is 0 Å². The third-order valence-corrected chi connectivity index (χ3v) is 5.08. The number of amides is 2. The molecule has 1 aromatic heterocycles. The fraction of sp³-hybridized carbons (Fsp3) is 0.462. The van der Waals surface area contributed by atoms with Crippen molar-refractivity contribution in [3.63, 3.8) is 0 Å². The largest absolute Gasteiger partial charge is 0.533 e. The van der Waals surface area contributed by atoms with Crippen LogP contribution in [0.25, 0.3) is 0 Å². The zero-order valence-corrected chi connectivity index (χ0v) is 14.6. The second-order valence-electron chi connectivity index (χ2n) is 4.50. The van der Waals surface area contributed by atoms with E-state index in [0.717, 1.165) is 0 Å². The molecule has 136 valence electrons. The molecule has 0 bridgehead atoms. The molecule has 2 amide bonds. The number of carbonyl (C=O) groups excluding carboxylic acids is 4. The molecular weight excluding hydrogens is 374 g/mol. The van der Waals surface area contributed by atoms with Gasteiger partial charge in [0.2, 0.25) is 0 Å². The van der Waals surface area contributed by atoms with Crippen molar-refractivity contribution >= 4 is 45.7 Å². The van der Waals surface area contributed by atoms with Crippen LogP contribution in [0.15, 0.2) is 18.7 Å². The molecule has 1 aliphatic heterocycles. The summed E-state index contributed by atoms with van der Waals surface area (Å²) in [5, 5.41) is 0.429. The lowest BCUT2D eigenvalue weighted by Crippen LogP contribution is -2.32. The molecule has 25 heavy (non-hydrogen) atoms. The molecule has 1 saturated heterocycles. The minimum Gasteiger partial charge on any atom is -0.448 e. The Morgan fingerprint density at radius 1 is 1.08 bits per heavy atom. The van der Waals surface area contributed by atoms with Crippen molar-refractivity contribution in [1.29, 1.82) is 0 Å². The number of ether oxygens (including phenoxy) is 2. The van der Waals surface area contributed by atoms with E-state index in [1.165, 1.54) is 44.9 Å². The maximum atomic E-state index is 11.5. The van der Waals surface area contributed by atoms with Gasteiger partial charge < -0.3 is 9.47 Å². The summed E-state index contributed by atoms with van der Waals surface area (Å²) in [6.45, 7) is 0.290. The lowest BCUT2D eigenvalue weighted by molar-refractivity contribution is -0.176. The average Bonchev–Trinajstić information content (AvgIpc) is 3.23. The Morgan fingerprint density at radius 3 is 2.32 bits per heavy atom. The van der Waals surface area contributed by atoms with Gasteiger partial charge in [0.15, 0.2) is 0 Å². The van der Waals surface area contributed by atoms with E-state index in [1.807, 2.05) is 0 Å². The topological polar surface area (TPSA) is 117 Å². The van der Waals surface area contributed by atoms with Crippen LogP contribution in [0.2, 0.25) is 0 Å². The van der Waals surface area contributed by atoms with Gasteiger partial charge in [0.1, 0.15) is 19.5 Å². The second kappa shape index (κ2) is 9.93. The normalized spacial score (nSPS) is 13.8. The Labute approximate surface area is 150 Å². The van der Waals surface area contributed by atoms with Gasteiger partial charge in [-0.15, -0.1) is 0 Å². The van der Waals surface area contributed by atoms with Gasteiger partial charge in [-0.1, -0.05) is 26.7 Å². The smallest absolute Gasteiger partial charge is 0.448 e. The first kappa shape index (κ1) is 19.1. The zero-order valence-electron chi connectivity index (χ0n) is 13.0. The highest BCUT2D eigenvalue weighted by Gasteiger charge is 2.33. The Hall–Kier alpha value is -2.21. The van der Waals surface area contributed by atoms with Crippen LogP contribution in [0, 0.1) is 0 Å². The summed E-state index contributed by atoms with van der Waals surface area (Å²) >= 11 is 0. The minimum absolute atomic E-state index is 0.0318. The summed E-state index contributed by atoms with van der Waals surface area (Å²) in [4.78, 5) is 53.6. The quantitative estimate of drug-likeness (QED) is 0.280. The maximum absolute atomic E-state index is 11.5. The predicted octanol–water partition coefficient (Wildman–Crippen LogP) is 1.47. The van der Waals surface area contributed by atoms with Crippen molar-refractivity contribution in [1.82, 2.24) is 14.6 Å². The first-order valence-electron chi connectivity index (χ1n) is 7.18. The molecule has 10 nitrogen and oxygen atoms in total. The first-order chi connectivity index (χ1) is 12.1. The lowest BCUT2D eigenvalue weighted by atomic mass is 10.4.